The molecule has 0 spiro atoms. The van der Waals surface area contributed by atoms with E-state index in [0.29, 0.717) is 12.0 Å². The van der Waals surface area contributed by atoms with Crippen LogP contribution >= 0.6 is 0 Å². The van der Waals surface area contributed by atoms with Gasteiger partial charge in [-0.3, -0.25) is 10.1 Å². The van der Waals surface area contributed by atoms with Gasteiger partial charge in [-0.25, -0.2) is 0 Å². The maximum absolute atomic E-state index is 10.8. The van der Waals surface area contributed by atoms with E-state index >= 15 is 0 Å². The van der Waals surface area contributed by atoms with E-state index in [0.717, 1.165) is 12.7 Å². The molecule has 4 heteroatoms. The molecular weight excluding hydrogens is 194 g/mol. The van der Waals surface area contributed by atoms with Gasteiger partial charge in [0, 0.05) is 17.5 Å². The smallest absolute Gasteiger partial charge is 0.273 e. The summed E-state index contributed by atoms with van der Waals surface area (Å²) in [6, 6.07) is 6.40. The Hall–Kier alpha value is -1.71. The van der Waals surface area contributed by atoms with Crippen molar-refractivity contribution in [3.05, 3.63) is 39.9 Å². The highest BCUT2D eigenvalue weighted by Crippen LogP contribution is 2.27. The van der Waals surface area contributed by atoms with Crippen LogP contribution in [0.5, 0.6) is 0 Å². The van der Waals surface area contributed by atoms with Crippen molar-refractivity contribution in [1.29, 1.82) is 0 Å². The van der Waals surface area contributed by atoms with Gasteiger partial charge >= 0.3 is 0 Å². The van der Waals surface area contributed by atoms with Crippen molar-refractivity contribution in [2.75, 3.05) is 0 Å². The minimum Gasteiger partial charge on any atom is -0.303 e. The lowest BCUT2D eigenvalue weighted by atomic mass is 9.94. The number of nitrogens with zero attached hydrogens (tertiary/aromatic N) is 1. The molecular formula is C11H13NO3. The van der Waals surface area contributed by atoms with Crippen LogP contribution in [0.1, 0.15) is 31.2 Å². The molecule has 0 aliphatic heterocycles. The molecule has 4 nitrogen and oxygen atoms in total. The van der Waals surface area contributed by atoms with Crippen LogP contribution in [0.3, 0.4) is 0 Å². The quantitative estimate of drug-likeness (QED) is 0.423. The molecule has 0 N–H and O–H groups in total. The number of aldehydes is 1. The highest BCUT2D eigenvalue weighted by atomic mass is 16.6. The van der Waals surface area contributed by atoms with Crippen molar-refractivity contribution < 1.29 is 9.72 Å². The molecule has 1 rings (SSSR count). The van der Waals surface area contributed by atoms with Crippen LogP contribution < -0.4 is 0 Å². The van der Waals surface area contributed by atoms with Gasteiger partial charge in [-0.15, -0.1) is 0 Å². The number of benzene rings is 1. The third-order valence-corrected chi connectivity index (χ3v) is 2.30. The van der Waals surface area contributed by atoms with Crippen LogP contribution in [0.2, 0.25) is 0 Å². The summed E-state index contributed by atoms with van der Waals surface area (Å²) >= 11 is 0. The molecule has 80 valence electrons. The van der Waals surface area contributed by atoms with Gasteiger partial charge in [-0.1, -0.05) is 31.5 Å². The molecule has 0 aromatic heterocycles. The third kappa shape index (κ3) is 2.62. The fourth-order valence-corrected chi connectivity index (χ4v) is 1.58. The Morgan fingerprint density at radius 2 is 2.13 bits per heavy atom. The standard InChI is InChI=1S/C11H13NO3/c1-2-5-9(8-13)10-6-3-4-7-11(10)12(14)15/h3-4,6-9H,2,5H2,1H3. The molecule has 15 heavy (non-hydrogen) atoms. The predicted octanol–water partition coefficient (Wildman–Crippen LogP) is 2.68. The van der Waals surface area contributed by atoms with E-state index in [2.05, 4.69) is 0 Å². The average molecular weight is 207 g/mol. The molecule has 0 heterocycles. The average Bonchev–Trinajstić information content (AvgIpc) is 2.26. The normalized spacial score (nSPS) is 12.1. The van der Waals surface area contributed by atoms with Gasteiger partial charge in [-0.2, -0.15) is 0 Å². The van der Waals surface area contributed by atoms with Crippen LogP contribution in [-0.4, -0.2) is 11.2 Å². The van der Waals surface area contributed by atoms with Gasteiger partial charge in [0.05, 0.1) is 4.92 Å². The van der Waals surface area contributed by atoms with E-state index in [1.165, 1.54) is 6.07 Å². The summed E-state index contributed by atoms with van der Waals surface area (Å²) in [4.78, 5) is 21.1. The van der Waals surface area contributed by atoms with E-state index in [1.54, 1.807) is 18.2 Å². The van der Waals surface area contributed by atoms with Crippen molar-refractivity contribution in [3.63, 3.8) is 0 Å². The molecule has 0 bridgehead atoms. The number of nitro groups is 1. The van der Waals surface area contributed by atoms with Crippen molar-refractivity contribution in [1.82, 2.24) is 0 Å². The Morgan fingerprint density at radius 3 is 2.67 bits per heavy atom. The summed E-state index contributed by atoms with van der Waals surface area (Å²) < 4.78 is 0. The van der Waals surface area contributed by atoms with Crippen molar-refractivity contribution in [3.8, 4) is 0 Å². The second kappa shape index (κ2) is 5.24. The molecule has 0 fully saturated rings. The summed E-state index contributed by atoms with van der Waals surface area (Å²) in [5.74, 6) is -0.364. The molecule has 0 saturated carbocycles. The molecule has 0 amide bonds. The molecule has 0 radical (unpaired) electrons. The van der Waals surface area contributed by atoms with Gasteiger partial charge in [-0.05, 0) is 6.42 Å². The Balaban J connectivity index is 3.10. The predicted molar refractivity (Wildman–Crippen MR) is 56.8 cm³/mol. The highest BCUT2D eigenvalue weighted by molar-refractivity contribution is 5.65. The third-order valence-electron chi connectivity index (χ3n) is 2.30. The summed E-state index contributed by atoms with van der Waals surface area (Å²) in [5.41, 5.74) is 0.544. The number of nitro benzene ring substituents is 1. The highest BCUT2D eigenvalue weighted by Gasteiger charge is 2.19. The number of hydrogen-bond acceptors (Lipinski definition) is 3. The van der Waals surface area contributed by atoms with E-state index < -0.39 is 4.92 Å². The fourth-order valence-electron chi connectivity index (χ4n) is 1.58. The van der Waals surface area contributed by atoms with Crippen LogP contribution in [0.15, 0.2) is 24.3 Å². The monoisotopic (exact) mass is 207 g/mol. The zero-order chi connectivity index (χ0) is 11.3. The second-order valence-electron chi connectivity index (χ2n) is 3.35. The Morgan fingerprint density at radius 1 is 1.47 bits per heavy atom. The van der Waals surface area contributed by atoms with Crippen molar-refractivity contribution in [2.24, 2.45) is 0 Å². The van der Waals surface area contributed by atoms with E-state index in [1.807, 2.05) is 6.92 Å². The summed E-state index contributed by atoms with van der Waals surface area (Å²) in [6.45, 7) is 1.95. The number of carbonyl (C=O) groups is 1. The van der Waals surface area contributed by atoms with E-state index in [9.17, 15) is 14.9 Å². The first-order valence-electron chi connectivity index (χ1n) is 4.89. The maximum Gasteiger partial charge on any atom is 0.273 e. The van der Waals surface area contributed by atoms with Gasteiger partial charge in [0.1, 0.15) is 6.29 Å². The van der Waals surface area contributed by atoms with Crippen molar-refractivity contribution in [2.45, 2.75) is 25.7 Å². The Labute approximate surface area is 88.1 Å². The van der Waals surface area contributed by atoms with Crippen molar-refractivity contribution >= 4 is 12.0 Å². The van der Waals surface area contributed by atoms with Crippen LogP contribution in [-0.2, 0) is 4.79 Å². The van der Waals surface area contributed by atoms with Crippen LogP contribution in [0.25, 0.3) is 0 Å². The van der Waals surface area contributed by atoms with Crippen LogP contribution in [0.4, 0.5) is 5.69 Å². The molecule has 1 aromatic rings. The van der Waals surface area contributed by atoms with Crippen LogP contribution in [0, 0.1) is 10.1 Å². The van der Waals surface area contributed by atoms with E-state index in [4.69, 9.17) is 0 Å². The zero-order valence-corrected chi connectivity index (χ0v) is 8.55. The Kier molecular flexibility index (Phi) is 3.97. The lowest BCUT2D eigenvalue weighted by Crippen LogP contribution is -2.03. The van der Waals surface area contributed by atoms with E-state index in [-0.39, 0.29) is 11.6 Å². The summed E-state index contributed by atoms with van der Waals surface area (Å²) in [6.07, 6.45) is 2.26. The first kappa shape index (κ1) is 11.4. The fraction of sp³-hybridized carbons (Fsp3) is 0.364. The Bertz CT molecular complexity index is 363. The summed E-state index contributed by atoms with van der Waals surface area (Å²) in [7, 11) is 0. The van der Waals surface area contributed by atoms with Gasteiger partial charge in [0.15, 0.2) is 0 Å². The maximum atomic E-state index is 10.8. The lowest BCUT2D eigenvalue weighted by Gasteiger charge is -2.08. The molecule has 1 atom stereocenters. The lowest BCUT2D eigenvalue weighted by molar-refractivity contribution is -0.385. The zero-order valence-electron chi connectivity index (χ0n) is 8.55. The molecule has 0 aliphatic carbocycles. The number of para-hydroxylation sites is 1. The van der Waals surface area contributed by atoms with Gasteiger partial charge in [0.2, 0.25) is 0 Å². The number of carbonyl (C=O) groups excluding carboxylic acids is 1. The summed E-state index contributed by atoms with van der Waals surface area (Å²) in [5, 5.41) is 10.7. The molecule has 1 aromatic carbocycles. The first-order chi connectivity index (χ1) is 7.20. The minimum atomic E-state index is -0.443. The van der Waals surface area contributed by atoms with Gasteiger partial charge in [0.25, 0.3) is 5.69 Å². The topological polar surface area (TPSA) is 60.2 Å². The minimum absolute atomic E-state index is 0.0306. The van der Waals surface area contributed by atoms with Gasteiger partial charge < -0.3 is 4.79 Å². The molecule has 0 aliphatic rings. The number of rotatable bonds is 5. The largest absolute Gasteiger partial charge is 0.303 e. The second-order valence-corrected chi connectivity index (χ2v) is 3.35. The first-order valence-corrected chi connectivity index (χ1v) is 4.89. The SMILES string of the molecule is CCCC(C=O)c1ccccc1[N+](=O)[O-]. The molecule has 0 saturated heterocycles. The molecule has 1 unspecified atom stereocenters. The number of hydrogen-bond donors (Lipinski definition) is 0.